The summed E-state index contributed by atoms with van der Waals surface area (Å²) in [7, 11) is 0. The summed E-state index contributed by atoms with van der Waals surface area (Å²) in [6.07, 6.45) is 5.00. The van der Waals surface area contributed by atoms with E-state index in [0.29, 0.717) is 28.3 Å². The fraction of sp³-hybridized carbons (Fsp3) is 0.545. The molecule has 0 radical (unpaired) electrons. The number of carbonyl (C=O) groups excluding carboxylic acids is 2. The number of rotatable bonds is 12. The van der Waals surface area contributed by atoms with Gasteiger partial charge >= 0.3 is 0 Å². The van der Waals surface area contributed by atoms with E-state index in [1.807, 2.05) is 24.0 Å². The van der Waals surface area contributed by atoms with Crippen LogP contribution in [0.2, 0.25) is 5.02 Å². The Bertz CT molecular complexity index is 810. The fourth-order valence-electron chi connectivity index (χ4n) is 3.21. The summed E-state index contributed by atoms with van der Waals surface area (Å²) in [4.78, 5) is 27.1. The van der Waals surface area contributed by atoms with E-state index in [1.54, 1.807) is 12.1 Å². The van der Waals surface area contributed by atoms with Crippen molar-refractivity contribution in [3.8, 4) is 10.6 Å². The van der Waals surface area contributed by atoms with Crippen molar-refractivity contribution in [3.63, 3.8) is 0 Å². The Balaban J connectivity index is 1.91. The number of nitrogens with zero attached hydrogens (tertiary/aromatic N) is 3. The van der Waals surface area contributed by atoms with E-state index in [4.69, 9.17) is 11.6 Å². The quantitative estimate of drug-likeness (QED) is 0.453. The maximum atomic E-state index is 12.9. The molecule has 0 saturated heterocycles. The summed E-state index contributed by atoms with van der Waals surface area (Å²) >= 11 is 7.22. The lowest BCUT2D eigenvalue weighted by Crippen LogP contribution is -2.38. The van der Waals surface area contributed by atoms with E-state index < -0.39 is 0 Å². The zero-order valence-corrected chi connectivity index (χ0v) is 19.6. The van der Waals surface area contributed by atoms with Crippen molar-refractivity contribution in [1.29, 1.82) is 0 Å². The molecule has 30 heavy (non-hydrogen) atoms. The first-order chi connectivity index (χ1) is 14.5. The third-order valence-corrected chi connectivity index (χ3v) is 6.06. The summed E-state index contributed by atoms with van der Waals surface area (Å²) < 4.78 is 0. The van der Waals surface area contributed by atoms with Gasteiger partial charge in [-0.3, -0.25) is 9.59 Å². The minimum absolute atomic E-state index is 0.0460. The predicted molar refractivity (Wildman–Crippen MR) is 124 cm³/mol. The highest BCUT2D eigenvalue weighted by Crippen LogP contribution is 2.27. The Hall–Kier alpha value is -1.99. The number of hydrogen-bond acceptors (Lipinski definition) is 5. The SMILES string of the molecule is CCCCC(CC)C(=O)N(CCC)CCC(=O)Nc1nnc(-c2ccc(Cl)cc2)s1. The number of amides is 2. The van der Waals surface area contributed by atoms with Crippen LogP contribution < -0.4 is 5.32 Å². The van der Waals surface area contributed by atoms with Crippen LogP contribution >= 0.6 is 22.9 Å². The highest BCUT2D eigenvalue weighted by molar-refractivity contribution is 7.18. The van der Waals surface area contributed by atoms with Gasteiger partial charge in [0.2, 0.25) is 16.9 Å². The molecule has 164 valence electrons. The first kappa shape index (κ1) is 24.3. The van der Waals surface area contributed by atoms with Gasteiger partial charge in [-0.05, 0) is 31.4 Å². The van der Waals surface area contributed by atoms with Crippen molar-refractivity contribution in [2.75, 3.05) is 18.4 Å². The van der Waals surface area contributed by atoms with Crippen LogP contribution in [0.5, 0.6) is 0 Å². The van der Waals surface area contributed by atoms with Gasteiger partial charge in [-0.15, -0.1) is 10.2 Å². The minimum atomic E-state index is -0.163. The van der Waals surface area contributed by atoms with Crippen molar-refractivity contribution in [1.82, 2.24) is 15.1 Å². The summed E-state index contributed by atoms with van der Waals surface area (Å²) in [6, 6.07) is 7.32. The lowest BCUT2D eigenvalue weighted by molar-refractivity contribution is -0.136. The van der Waals surface area contributed by atoms with Gasteiger partial charge in [-0.1, -0.05) is 68.7 Å². The number of benzene rings is 1. The highest BCUT2D eigenvalue weighted by atomic mass is 35.5. The van der Waals surface area contributed by atoms with Gasteiger partial charge in [-0.25, -0.2) is 0 Å². The number of halogens is 1. The molecule has 2 rings (SSSR count). The zero-order chi connectivity index (χ0) is 21.9. The normalized spacial score (nSPS) is 11.9. The van der Waals surface area contributed by atoms with Gasteiger partial charge in [0.05, 0.1) is 0 Å². The van der Waals surface area contributed by atoms with E-state index in [1.165, 1.54) is 11.3 Å². The molecule has 6 nitrogen and oxygen atoms in total. The number of anilines is 1. The van der Waals surface area contributed by atoms with Crippen molar-refractivity contribution in [2.24, 2.45) is 5.92 Å². The third kappa shape index (κ3) is 7.36. The fourth-order valence-corrected chi connectivity index (χ4v) is 4.11. The van der Waals surface area contributed by atoms with E-state index in [-0.39, 0.29) is 24.2 Å². The van der Waals surface area contributed by atoms with Crippen LogP contribution in [0.4, 0.5) is 5.13 Å². The van der Waals surface area contributed by atoms with Crippen LogP contribution in [0.1, 0.15) is 59.3 Å². The predicted octanol–water partition coefficient (Wildman–Crippen LogP) is 5.64. The first-order valence-electron chi connectivity index (χ1n) is 10.7. The molecule has 8 heteroatoms. The van der Waals surface area contributed by atoms with Crippen molar-refractivity contribution in [2.45, 2.75) is 59.3 Å². The molecule has 1 aromatic heterocycles. The Morgan fingerprint density at radius 3 is 2.47 bits per heavy atom. The molecule has 0 aliphatic carbocycles. The van der Waals surface area contributed by atoms with Gasteiger partial charge in [0.15, 0.2) is 0 Å². The summed E-state index contributed by atoms with van der Waals surface area (Å²) in [5, 5.41) is 12.8. The molecular formula is C22H31ClN4O2S. The first-order valence-corrected chi connectivity index (χ1v) is 11.9. The van der Waals surface area contributed by atoms with E-state index in [9.17, 15) is 9.59 Å². The second-order valence-electron chi connectivity index (χ2n) is 7.29. The molecule has 0 aliphatic heterocycles. The van der Waals surface area contributed by atoms with Crippen molar-refractivity contribution >= 4 is 39.9 Å². The standard InChI is InChI=1S/C22H31ClN4O2S/c1-4-7-8-16(6-3)21(29)27(14-5-2)15-13-19(28)24-22-26-25-20(30-22)17-9-11-18(23)12-10-17/h9-12,16H,4-8,13-15H2,1-3H3,(H,24,26,28). The Labute approximate surface area is 188 Å². The Kier molecular flexibility index (Phi) is 10.2. The van der Waals surface area contributed by atoms with Crippen molar-refractivity contribution < 1.29 is 9.59 Å². The molecule has 0 saturated carbocycles. The number of aromatic nitrogens is 2. The molecule has 2 aromatic rings. The van der Waals surface area contributed by atoms with Crippen molar-refractivity contribution in [3.05, 3.63) is 29.3 Å². The lowest BCUT2D eigenvalue weighted by atomic mass is 9.97. The molecule has 1 N–H and O–H groups in total. The summed E-state index contributed by atoms with van der Waals surface area (Å²) in [5.41, 5.74) is 0.898. The number of nitrogens with one attached hydrogen (secondary N) is 1. The summed E-state index contributed by atoms with van der Waals surface area (Å²) in [6.45, 7) is 7.34. The summed E-state index contributed by atoms with van der Waals surface area (Å²) in [5.74, 6) is 0.0514. The molecule has 0 spiro atoms. The average Bonchev–Trinajstić information content (AvgIpc) is 3.20. The molecule has 2 amide bonds. The molecule has 0 fully saturated rings. The molecule has 1 unspecified atom stereocenters. The Morgan fingerprint density at radius 1 is 1.10 bits per heavy atom. The second kappa shape index (κ2) is 12.6. The van der Waals surface area contributed by atoms with E-state index >= 15 is 0 Å². The number of unbranched alkanes of at least 4 members (excludes halogenated alkanes) is 1. The topological polar surface area (TPSA) is 75.2 Å². The monoisotopic (exact) mass is 450 g/mol. The van der Waals surface area contributed by atoms with Crippen LogP contribution in [-0.4, -0.2) is 40.0 Å². The largest absolute Gasteiger partial charge is 0.342 e. The van der Waals surface area contributed by atoms with Crippen LogP contribution in [0.3, 0.4) is 0 Å². The maximum absolute atomic E-state index is 12.9. The van der Waals surface area contributed by atoms with Gasteiger partial charge < -0.3 is 10.2 Å². The lowest BCUT2D eigenvalue weighted by Gasteiger charge is -2.26. The Morgan fingerprint density at radius 2 is 1.83 bits per heavy atom. The molecule has 1 heterocycles. The molecule has 1 atom stereocenters. The zero-order valence-electron chi connectivity index (χ0n) is 18.0. The average molecular weight is 451 g/mol. The van der Waals surface area contributed by atoms with Crippen LogP contribution in [-0.2, 0) is 9.59 Å². The van der Waals surface area contributed by atoms with Gasteiger partial charge in [0, 0.05) is 36.0 Å². The third-order valence-electron chi connectivity index (χ3n) is 4.92. The molecule has 0 aliphatic rings. The van der Waals surface area contributed by atoms with Crippen LogP contribution in [0.15, 0.2) is 24.3 Å². The number of hydrogen-bond donors (Lipinski definition) is 1. The number of carbonyl (C=O) groups is 2. The smallest absolute Gasteiger partial charge is 0.227 e. The van der Waals surface area contributed by atoms with E-state index in [2.05, 4.69) is 29.4 Å². The van der Waals surface area contributed by atoms with E-state index in [0.717, 1.165) is 37.7 Å². The van der Waals surface area contributed by atoms with Crippen LogP contribution in [0, 0.1) is 5.92 Å². The molecule has 1 aromatic carbocycles. The molecule has 0 bridgehead atoms. The maximum Gasteiger partial charge on any atom is 0.227 e. The van der Waals surface area contributed by atoms with Crippen LogP contribution in [0.25, 0.3) is 10.6 Å². The van der Waals surface area contributed by atoms with Gasteiger partial charge in [-0.2, -0.15) is 0 Å². The highest BCUT2D eigenvalue weighted by Gasteiger charge is 2.22. The second-order valence-corrected chi connectivity index (χ2v) is 8.70. The molecular weight excluding hydrogens is 420 g/mol. The van der Waals surface area contributed by atoms with Gasteiger partial charge in [0.1, 0.15) is 5.01 Å². The van der Waals surface area contributed by atoms with Gasteiger partial charge in [0.25, 0.3) is 0 Å². The minimum Gasteiger partial charge on any atom is -0.342 e.